The number of para-hydroxylation sites is 2. The minimum absolute atomic E-state index is 0.573. The van der Waals surface area contributed by atoms with Crippen LogP contribution in [0, 0.1) is 0 Å². The van der Waals surface area contributed by atoms with Crippen LogP contribution in [0.15, 0.2) is 251 Å². The zero-order valence-electron chi connectivity index (χ0n) is 39.1. The molecule has 0 fully saturated rings. The molecule has 0 N–H and O–H groups in total. The number of oxazole rings is 2. The summed E-state index contributed by atoms with van der Waals surface area (Å²) in [4.78, 5) is 24.8. The van der Waals surface area contributed by atoms with Crippen molar-refractivity contribution < 1.29 is 8.83 Å². The van der Waals surface area contributed by atoms with Gasteiger partial charge in [-0.15, -0.1) is 0 Å². The molecule has 0 saturated heterocycles. The predicted octanol–water partition coefficient (Wildman–Crippen LogP) is 16.6. The molecule has 0 atom stereocenters. The smallest absolute Gasteiger partial charge is 0.227 e. The number of hydrogen-bond donors (Lipinski definition) is 0. The molecule has 0 saturated carbocycles. The predicted molar refractivity (Wildman–Crippen MR) is 293 cm³/mol. The first-order valence-electron chi connectivity index (χ1n) is 24.2. The van der Waals surface area contributed by atoms with E-state index in [1.54, 1.807) is 0 Å². The fraction of sp³-hybridized carbons (Fsp3) is 0. The van der Waals surface area contributed by atoms with Crippen LogP contribution in [0.4, 0.5) is 0 Å². The lowest BCUT2D eigenvalue weighted by Crippen LogP contribution is -2.00. The molecule has 8 heteroatoms. The average molecular weight is 937 g/mol. The molecule has 0 spiro atoms. The Balaban J connectivity index is 0.791. The first-order valence-corrected chi connectivity index (χ1v) is 24.2. The van der Waals surface area contributed by atoms with Gasteiger partial charge in [0, 0.05) is 44.3 Å². The highest BCUT2D eigenvalue weighted by Crippen LogP contribution is 2.36. The van der Waals surface area contributed by atoms with Gasteiger partial charge in [-0.05, 0) is 106 Å². The monoisotopic (exact) mass is 936 g/mol. The Morgan fingerprint density at radius 2 is 0.589 bits per heavy atom. The first-order chi connectivity index (χ1) is 36.1. The maximum absolute atomic E-state index is 6.22. The van der Waals surface area contributed by atoms with E-state index in [4.69, 9.17) is 33.8 Å². The van der Waals surface area contributed by atoms with E-state index in [1.165, 1.54) is 21.8 Å². The highest BCUT2D eigenvalue weighted by atomic mass is 16.4. The minimum atomic E-state index is 0.573. The Bertz CT molecular complexity index is 4100. The lowest BCUT2D eigenvalue weighted by atomic mass is 10.0. The van der Waals surface area contributed by atoms with Gasteiger partial charge >= 0.3 is 0 Å². The molecule has 0 aliphatic rings. The van der Waals surface area contributed by atoms with E-state index in [1.807, 2.05) is 84.9 Å². The highest BCUT2D eigenvalue weighted by molar-refractivity contribution is 6.09. The molecule has 14 aromatic rings. The average Bonchev–Trinajstić information content (AvgIpc) is 4.20. The third kappa shape index (κ3) is 7.71. The van der Waals surface area contributed by atoms with Crippen LogP contribution in [0.25, 0.3) is 140 Å². The van der Waals surface area contributed by atoms with Crippen molar-refractivity contribution in [1.29, 1.82) is 0 Å². The summed E-state index contributed by atoms with van der Waals surface area (Å²) in [5, 5.41) is 2.49. The van der Waals surface area contributed by atoms with Crippen molar-refractivity contribution >= 4 is 44.0 Å². The summed E-state index contributed by atoms with van der Waals surface area (Å²) in [6.07, 6.45) is 0. The van der Waals surface area contributed by atoms with Gasteiger partial charge in [-0.3, -0.25) is 0 Å². The lowest BCUT2D eigenvalue weighted by Gasteiger charge is -2.11. The molecule has 73 heavy (non-hydrogen) atoms. The minimum Gasteiger partial charge on any atom is -0.436 e. The Kier molecular flexibility index (Phi) is 9.99. The maximum Gasteiger partial charge on any atom is 0.227 e. The van der Waals surface area contributed by atoms with Gasteiger partial charge in [-0.1, -0.05) is 170 Å². The van der Waals surface area contributed by atoms with Crippen molar-refractivity contribution in [3.8, 4) is 96.1 Å². The Labute approximate surface area is 419 Å². The molecule has 4 heterocycles. The van der Waals surface area contributed by atoms with Crippen molar-refractivity contribution in [2.24, 2.45) is 0 Å². The van der Waals surface area contributed by atoms with E-state index in [2.05, 4.69) is 162 Å². The van der Waals surface area contributed by atoms with Crippen molar-refractivity contribution in [3.63, 3.8) is 0 Å². The summed E-state index contributed by atoms with van der Waals surface area (Å²) in [7, 11) is 0. The van der Waals surface area contributed by atoms with Crippen LogP contribution in [-0.4, -0.2) is 29.5 Å². The summed E-state index contributed by atoms with van der Waals surface area (Å²) in [5.41, 5.74) is 17.4. The third-order valence-corrected chi connectivity index (χ3v) is 13.6. The SMILES string of the molecule is c1ccc(-c2nc3ccc(-c4ccc(-c5nc(-c6ccc(-c7ccc(-n8c9ccccc9c9ccccc98)cc7)cc6)nc(-c6ccc(-c7ccc8nc(-c9ccccc9)oc8c7)cc6)n5)cc4)cc3o2)cc1. The maximum atomic E-state index is 6.22. The largest absolute Gasteiger partial charge is 0.436 e. The number of nitrogens with zero attached hydrogens (tertiary/aromatic N) is 6. The Morgan fingerprint density at radius 3 is 1.00 bits per heavy atom. The van der Waals surface area contributed by atoms with Gasteiger partial charge in [-0.25, -0.2) is 24.9 Å². The molecule has 0 unspecified atom stereocenters. The third-order valence-electron chi connectivity index (χ3n) is 13.6. The van der Waals surface area contributed by atoms with Crippen LogP contribution in [0.2, 0.25) is 0 Å². The quantitative estimate of drug-likeness (QED) is 0.142. The fourth-order valence-corrected chi connectivity index (χ4v) is 9.82. The summed E-state index contributed by atoms with van der Waals surface area (Å²) < 4.78 is 14.8. The molecular formula is C65H40N6O2. The van der Waals surface area contributed by atoms with Gasteiger partial charge in [0.25, 0.3) is 0 Å². The first kappa shape index (κ1) is 41.9. The van der Waals surface area contributed by atoms with Crippen LogP contribution >= 0.6 is 0 Å². The summed E-state index contributed by atoms with van der Waals surface area (Å²) in [6, 6.07) is 83.3. The summed E-state index contributed by atoms with van der Waals surface area (Å²) in [5.74, 6) is 2.93. The van der Waals surface area contributed by atoms with Crippen molar-refractivity contribution in [2.45, 2.75) is 0 Å². The molecule has 0 aliphatic carbocycles. The second-order valence-electron chi connectivity index (χ2n) is 18.1. The van der Waals surface area contributed by atoms with E-state index < -0.39 is 0 Å². The molecule has 0 aliphatic heterocycles. The topological polar surface area (TPSA) is 95.7 Å². The van der Waals surface area contributed by atoms with Gasteiger partial charge in [0.15, 0.2) is 28.6 Å². The molecule has 8 nitrogen and oxygen atoms in total. The molecule has 10 aromatic carbocycles. The number of fused-ring (bicyclic) bond motifs is 5. The molecule has 0 bridgehead atoms. The second kappa shape index (κ2) is 17.4. The zero-order chi connectivity index (χ0) is 48.2. The Morgan fingerprint density at radius 1 is 0.260 bits per heavy atom. The molecule has 0 amide bonds. The molecular weight excluding hydrogens is 897 g/mol. The zero-order valence-corrected chi connectivity index (χ0v) is 39.1. The van der Waals surface area contributed by atoms with E-state index in [0.29, 0.717) is 29.3 Å². The van der Waals surface area contributed by atoms with E-state index in [-0.39, 0.29) is 0 Å². The molecule has 14 rings (SSSR count). The molecule has 4 aromatic heterocycles. The van der Waals surface area contributed by atoms with Crippen LogP contribution in [0.1, 0.15) is 0 Å². The number of aromatic nitrogens is 6. The van der Waals surface area contributed by atoms with E-state index in [0.717, 1.165) is 89.1 Å². The van der Waals surface area contributed by atoms with E-state index >= 15 is 0 Å². The van der Waals surface area contributed by atoms with Crippen LogP contribution in [-0.2, 0) is 0 Å². The van der Waals surface area contributed by atoms with Crippen LogP contribution < -0.4 is 0 Å². The van der Waals surface area contributed by atoms with Gasteiger partial charge in [0.1, 0.15) is 11.0 Å². The van der Waals surface area contributed by atoms with Crippen LogP contribution in [0.5, 0.6) is 0 Å². The number of hydrogen-bond acceptors (Lipinski definition) is 7. The van der Waals surface area contributed by atoms with Gasteiger partial charge < -0.3 is 13.4 Å². The van der Waals surface area contributed by atoms with Crippen molar-refractivity contribution in [3.05, 3.63) is 243 Å². The van der Waals surface area contributed by atoms with Gasteiger partial charge in [0.05, 0.1) is 11.0 Å². The van der Waals surface area contributed by atoms with Gasteiger partial charge in [0.2, 0.25) is 11.8 Å². The van der Waals surface area contributed by atoms with E-state index in [9.17, 15) is 0 Å². The molecule has 0 radical (unpaired) electrons. The number of benzene rings is 10. The molecule has 342 valence electrons. The fourth-order valence-electron chi connectivity index (χ4n) is 9.82. The van der Waals surface area contributed by atoms with Gasteiger partial charge in [-0.2, -0.15) is 0 Å². The normalized spacial score (nSPS) is 11.6. The van der Waals surface area contributed by atoms with Crippen molar-refractivity contribution in [1.82, 2.24) is 29.5 Å². The summed E-state index contributed by atoms with van der Waals surface area (Å²) >= 11 is 0. The summed E-state index contributed by atoms with van der Waals surface area (Å²) in [6.45, 7) is 0. The van der Waals surface area contributed by atoms with Crippen molar-refractivity contribution in [2.75, 3.05) is 0 Å². The Hall–Kier alpha value is -10.1. The number of rotatable bonds is 9. The highest BCUT2D eigenvalue weighted by Gasteiger charge is 2.17. The second-order valence-corrected chi connectivity index (χ2v) is 18.1. The standard InChI is InChI=1S/C65H40N6O2/c1-3-11-48(12-4-1)64-66-55-37-33-50(39-59(55)72-64)43-21-27-46(28-22-43)62-68-61(69-63(70-62)47-29-23-44(24-30-47)51-34-38-56-60(40-51)73-65(67-56)49-13-5-2-6-14-49)45-25-19-41(20-26-45)42-31-35-52(36-32-42)71-57-17-9-7-15-53(57)54-16-8-10-18-58(54)71/h1-40H. The lowest BCUT2D eigenvalue weighted by molar-refractivity contribution is 0.619. The van der Waals surface area contributed by atoms with Crippen LogP contribution in [0.3, 0.4) is 0 Å².